The molecule has 8 nitrogen and oxygen atoms in total. The van der Waals surface area contributed by atoms with Crippen LogP contribution in [0.4, 0.5) is 4.39 Å². The number of amides is 1. The van der Waals surface area contributed by atoms with Gasteiger partial charge in [0, 0.05) is 19.5 Å². The first-order chi connectivity index (χ1) is 13.1. The van der Waals surface area contributed by atoms with Gasteiger partial charge in [-0.1, -0.05) is 17.3 Å². The summed E-state index contributed by atoms with van der Waals surface area (Å²) in [6.07, 6.45) is 6.15. The van der Waals surface area contributed by atoms with E-state index in [9.17, 15) is 9.18 Å². The average Bonchev–Trinajstić information content (AvgIpc) is 3.27. The van der Waals surface area contributed by atoms with Gasteiger partial charge < -0.3 is 4.90 Å². The molecule has 27 heavy (non-hydrogen) atoms. The summed E-state index contributed by atoms with van der Waals surface area (Å²) in [6.45, 7) is 3.46. The van der Waals surface area contributed by atoms with Crippen molar-refractivity contribution in [2.24, 2.45) is 0 Å². The Morgan fingerprint density at radius 1 is 1.26 bits per heavy atom. The molecule has 3 heterocycles. The molecule has 0 N–H and O–H groups in total. The summed E-state index contributed by atoms with van der Waals surface area (Å²) >= 11 is 0. The van der Waals surface area contributed by atoms with E-state index >= 15 is 0 Å². The minimum Gasteiger partial charge on any atom is -0.338 e. The van der Waals surface area contributed by atoms with E-state index in [1.165, 1.54) is 6.07 Å². The van der Waals surface area contributed by atoms with E-state index in [1.54, 1.807) is 40.9 Å². The SMILES string of the molecule is Cc1cc(CCC(=O)N2CC(n3cc(Cn4nccn4)nn3)C2)ccc1F. The Morgan fingerprint density at radius 2 is 2.04 bits per heavy atom. The van der Waals surface area contributed by atoms with Gasteiger partial charge in [-0.3, -0.25) is 4.79 Å². The van der Waals surface area contributed by atoms with Crippen molar-refractivity contribution in [2.45, 2.75) is 32.4 Å². The Bertz CT molecular complexity index is 931. The minimum absolute atomic E-state index is 0.106. The van der Waals surface area contributed by atoms with Crippen LogP contribution in [0.3, 0.4) is 0 Å². The molecule has 3 aromatic rings. The largest absolute Gasteiger partial charge is 0.338 e. The van der Waals surface area contributed by atoms with Crippen LogP contribution in [0.5, 0.6) is 0 Å². The highest BCUT2D eigenvalue weighted by Crippen LogP contribution is 2.22. The summed E-state index contributed by atoms with van der Waals surface area (Å²) in [5.41, 5.74) is 2.37. The lowest BCUT2D eigenvalue weighted by atomic mass is 10.0. The van der Waals surface area contributed by atoms with Gasteiger partial charge in [-0.15, -0.1) is 5.10 Å². The molecule has 140 valence electrons. The second kappa shape index (κ2) is 7.26. The number of carbonyl (C=O) groups excluding carboxylic acids is 1. The zero-order valence-electron chi connectivity index (χ0n) is 15.0. The maximum absolute atomic E-state index is 13.3. The lowest BCUT2D eigenvalue weighted by Crippen LogP contribution is -2.51. The maximum atomic E-state index is 13.3. The van der Waals surface area contributed by atoms with Crippen LogP contribution < -0.4 is 0 Å². The first-order valence-electron chi connectivity index (χ1n) is 8.86. The molecule has 9 heteroatoms. The number of aryl methyl sites for hydroxylation is 2. The monoisotopic (exact) mass is 369 g/mol. The molecular weight excluding hydrogens is 349 g/mol. The normalized spacial score (nSPS) is 14.4. The highest BCUT2D eigenvalue weighted by molar-refractivity contribution is 5.77. The lowest BCUT2D eigenvalue weighted by Gasteiger charge is -2.39. The number of hydrogen-bond donors (Lipinski definition) is 0. The molecule has 1 aliphatic rings. The Labute approximate surface area is 155 Å². The molecule has 1 fully saturated rings. The number of carbonyl (C=O) groups is 1. The number of benzene rings is 1. The van der Waals surface area contributed by atoms with E-state index in [2.05, 4.69) is 20.5 Å². The van der Waals surface area contributed by atoms with Crippen molar-refractivity contribution in [3.63, 3.8) is 0 Å². The van der Waals surface area contributed by atoms with E-state index < -0.39 is 0 Å². The summed E-state index contributed by atoms with van der Waals surface area (Å²) in [7, 11) is 0. The van der Waals surface area contributed by atoms with E-state index in [1.807, 2.05) is 11.1 Å². The third-order valence-corrected chi connectivity index (χ3v) is 4.77. The summed E-state index contributed by atoms with van der Waals surface area (Å²) in [5.74, 6) is -0.111. The smallest absolute Gasteiger partial charge is 0.223 e. The van der Waals surface area contributed by atoms with Crippen LogP contribution in [0.15, 0.2) is 36.8 Å². The summed E-state index contributed by atoms with van der Waals surface area (Å²) in [6, 6.07) is 5.14. The van der Waals surface area contributed by atoms with Crippen molar-refractivity contribution in [1.29, 1.82) is 0 Å². The third-order valence-electron chi connectivity index (χ3n) is 4.77. The molecule has 1 aromatic carbocycles. The molecule has 4 rings (SSSR count). The van der Waals surface area contributed by atoms with Gasteiger partial charge in [-0.2, -0.15) is 15.0 Å². The van der Waals surface area contributed by atoms with Crippen LogP contribution in [0, 0.1) is 12.7 Å². The fraction of sp³-hybridized carbons (Fsp3) is 0.389. The predicted octanol–water partition coefficient (Wildman–Crippen LogP) is 1.38. The van der Waals surface area contributed by atoms with Crippen LogP contribution in [-0.2, 0) is 17.8 Å². The van der Waals surface area contributed by atoms with Crippen molar-refractivity contribution >= 4 is 5.91 Å². The predicted molar refractivity (Wildman–Crippen MR) is 94.2 cm³/mol. The molecule has 0 unspecified atom stereocenters. The Morgan fingerprint density at radius 3 is 2.78 bits per heavy atom. The average molecular weight is 369 g/mol. The molecule has 0 radical (unpaired) electrons. The molecule has 0 atom stereocenters. The van der Waals surface area contributed by atoms with Gasteiger partial charge in [0.15, 0.2) is 0 Å². The lowest BCUT2D eigenvalue weighted by molar-refractivity contribution is -0.137. The first-order valence-corrected chi connectivity index (χ1v) is 8.86. The van der Waals surface area contributed by atoms with E-state index in [4.69, 9.17) is 0 Å². The molecular formula is C18H20FN7O. The van der Waals surface area contributed by atoms with Crippen LogP contribution >= 0.6 is 0 Å². The van der Waals surface area contributed by atoms with Crippen molar-refractivity contribution in [2.75, 3.05) is 13.1 Å². The Kier molecular flexibility index (Phi) is 4.66. The van der Waals surface area contributed by atoms with Gasteiger partial charge in [0.25, 0.3) is 0 Å². The maximum Gasteiger partial charge on any atom is 0.223 e. The first kappa shape index (κ1) is 17.3. The molecule has 2 aromatic heterocycles. The van der Waals surface area contributed by atoms with Crippen LogP contribution in [-0.4, -0.2) is 53.9 Å². The second-order valence-corrected chi connectivity index (χ2v) is 6.79. The van der Waals surface area contributed by atoms with Crippen molar-refractivity contribution < 1.29 is 9.18 Å². The van der Waals surface area contributed by atoms with Gasteiger partial charge in [0.2, 0.25) is 5.91 Å². The molecule has 0 aliphatic carbocycles. The summed E-state index contributed by atoms with van der Waals surface area (Å²) in [5, 5.41) is 16.4. The Hall–Kier alpha value is -3.10. The van der Waals surface area contributed by atoms with Gasteiger partial charge in [0.05, 0.1) is 24.6 Å². The fourth-order valence-electron chi connectivity index (χ4n) is 3.13. The summed E-state index contributed by atoms with van der Waals surface area (Å²) in [4.78, 5) is 15.7. The van der Waals surface area contributed by atoms with Crippen molar-refractivity contribution in [1.82, 2.24) is 34.9 Å². The zero-order valence-corrected chi connectivity index (χ0v) is 15.0. The molecule has 1 amide bonds. The molecule has 0 bridgehead atoms. The summed E-state index contributed by atoms with van der Waals surface area (Å²) < 4.78 is 15.1. The highest BCUT2D eigenvalue weighted by atomic mass is 19.1. The second-order valence-electron chi connectivity index (χ2n) is 6.79. The van der Waals surface area contributed by atoms with Crippen LogP contribution in [0.2, 0.25) is 0 Å². The minimum atomic E-state index is -0.216. The number of nitrogens with zero attached hydrogens (tertiary/aromatic N) is 7. The van der Waals surface area contributed by atoms with Gasteiger partial charge in [0.1, 0.15) is 18.1 Å². The van der Waals surface area contributed by atoms with E-state index in [0.29, 0.717) is 38.0 Å². The number of halogens is 1. The number of rotatable bonds is 6. The van der Waals surface area contributed by atoms with Crippen LogP contribution in [0.1, 0.15) is 29.3 Å². The van der Waals surface area contributed by atoms with Crippen molar-refractivity contribution in [3.8, 4) is 0 Å². The third kappa shape index (κ3) is 3.86. The fourth-order valence-corrected chi connectivity index (χ4v) is 3.13. The number of aromatic nitrogens is 6. The van der Waals surface area contributed by atoms with Gasteiger partial charge in [-0.05, 0) is 30.5 Å². The standard InChI is InChI=1S/C18H20FN7O/c1-13-8-14(2-4-17(13)19)3-5-18(27)24-11-16(12-24)25-9-15(22-23-25)10-26-20-6-7-21-26/h2,4,6-9,16H,3,5,10-12H2,1H3. The van der Waals surface area contributed by atoms with Gasteiger partial charge in [-0.25, -0.2) is 9.07 Å². The van der Waals surface area contributed by atoms with Gasteiger partial charge >= 0.3 is 0 Å². The molecule has 0 spiro atoms. The number of hydrogen-bond acceptors (Lipinski definition) is 5. The molecule has 1 aliphatic heterocycles. The van der Waals surface area contributed by atoms with E-state index in [-0.39, 0.29) is 17.8 Å². The zero-order chi connectivity index (χ0) is 18.8. The van der Waals surface area contributed by atoms with Crippen LogP contribution in [0.25, 0.3) is 0 Å². The van der Waals surface area contributed by atoms with E-state index in [0.717, 1.165) is 11.3 Å². The molecule has 1 saturated heterocycles. The topological polar surface area (TPSA) is 81.7 Å². The highest BCUT2D eigenvalue weighted by Gasteiger charge is 2.32. The van der Waals surface area contributed by atoms with Crippen molar-refractivity contribution in [3.05, 3.63) is 59.4 Å². The number of likely N-dealkylation sites (tertiary alicyclic amines) is 1. The Balaban J connectivity index is 1.26. The quantitative estimate of drug-likeness (QED) is 0.656. The molecule has 0 saturated carbocycles.